The standard InChI is InChI=1S/C41H76O5/c1-3-5-7-9-11-13-15-17-19-20-22-24-26-28-30-32-34-36-41(44)46-39(37-42)38-45-40(43)35-33-31-29-27-25-23-21-18-16-14-12-10-8-6-4-2/h17-19,21,39,42H,3-16,20,22-38H2,1-2H3/b19-17-,21-18-. The normalized spacial score (nSPS) is 12.3. The van der Waals surface area contributed by atoms with Gasteiger partial charge < -0.3 is 14.6 Å². The summed E-state index contributed by atoms with van der Waals surface area (Å²) in [6.45, 7) is 4.12. The lowest BCUT2D eigenvalue weighted by Crippen LogP contribution is -2.28. The lowest BCUT2D eigenvalue weighted by molar-refractivity contribution is -0.161. The molecule has 1 atom stereocenters. The molecule has 0 aromatic rings. The number of aliphatic hydroxyl groups excluding tert-OH is 1. The van der Waals surface area contributed by atoms with E-state index < -0.39 is 6.10 Å². The molecule has 0 aliphatic rings. The third kappa shape index (κ3) is 35.2. The highest BCUT2D eigenvalue weighted by Crippen LogP contribution is 2.13. The minimum atomic E-state index is -0.773. The van der Waals surface area contributed by atoms with Crippen LogP contribution in [0.2, 0.25) is 0 Å². The van der Waals surface area contributed by atoms with E-state index >= 15 is 0 Å². The van der Waals surface area contributed by atoms with Crippen LogP contribution >= 0.6 is 0 Å². The molecule has 0 aromatic carbocycles. The maximum absolute atomic E-state index is 12.2. The van der Waals surface area contributed by atoms with E-state index in [2.05, 4.69) is 38.2 Å². The second-order valence-electron chi connectivity index (χ2n) is 13.4. The average molecular weight is 649 g/mol. The molecule has 5 heteroatoms. The van der Waals surface area contributed by atoms with Gasteiger partial charge in [-0.15, -0.1) is 0 Å². The van der Waals surface area contributed by atoms with Crippen molar-refractivity contribution in [3.63, 3.8) is 0 Å². The summed E-state index contributed by atoms with van der Waals surface area (Å²) in [6.07, 6.45) is 43.8. The Kier molecular flexibility index (Phi) is 36.5. The summed E-state index contributed by atoms with van der Waals surface area (Å²) in [4.78, 5) is 24.2. The molecule has 0 saturated heterocycles. The Hall–Kier alpha value is -1.62. The second-order valence-corrected chi connectivity index (χ2v) is 13.4. The molecule has 0 aromatic heterocycles. The van der Waals surface area contributed by atoms with Crippen molar-refractivity contribution in [1.29, 1.82) is 0 Å². The van der Waals surface area contributed by atoms with Crippen molar-refractivity contribution >= 4 is 11.9 Å². The van der Waals surface area contributed by atoms with Gasteiger partial charge in [-0.05, 0) is 64.2 Å². The van der Waals surface area contributed by atoms with Crippen LogP contribution in [0.3, 0.4) is 0 Å². The maximum Gasteiger partial charge on any atom is 0.306 e. The summed E-state index contributed by atoms with van der Waals surface area (Å²) < 4.78 is 10.6. The Balaban J connectivity index is 3.55. The van der Waals surface area contributed by atoms with Gasteiger partial charge >= 0.3 is 11.9 Å². The molecular weight excluding hydrogens is 572 g/mol. The number of unbranched alkanes of at least 4 members (excludes halogenated alkanes) is 24. The Labute approximate surface area is 285 Å². The van der Waals surface area contributed by atoms with Crippen molar-refractivity contribution in [3.8, 4) is 0 Å². The number of rotatable bonds is 36. The minimum absolute atomic E-state index is 0.0691. The zero-order chi connectivity index (χ0) is 33.6. The molecule has 0 saturated carbocycles. The van der Waals surface area contributed by atoms with Crippen molar-refractivity contribution < 1.29 is 24.2 Å². The number of ether oxygens (including phenoxy) is 2. The molecule has 0 rings (SSSR count). The monoisotopic (exact) mass is 649 g/mol. The smallest absolute Gasteiger partial charge is 0.306 e. The van der Waals surface area contributed by atoms with Crippen molar-refractivity contribution in [2.75, 3.05) is 13.2 Å². The summed E-state index contributed by atoms with van der Waals surface area (Å²) in [5.74, 6) is -0.601. The molecule has 0 spiro atoms. The van der Waals surface area contributed by atoms with E-state index in [4.69, 9.17) is 9.47 Å². The fraction of sp³-hybridized carbons (Fsp3) is 0.854. The van der Waals surface area contributed by atoms with Gasteiger partial charge in [0.25, 0.3) is 0 Å². The van der Waals surface area contributed by atoms with E-state index in [-0.39, 0.29) is 25.2 Å². The van der Waals surface area contributed by atoms with Crippen LogP contribution < -0.4 is 0 Å². The molecule has 0 bridgehead atoms. The van der Waals surface area contributed by atoms with E-state index in [0.29, 0.717) is 12.8 Å². The van der Waals surface area contributed by atoms with Crippen LogP contribution in [0.4, 0.5) is 0 Å². The summed E-state index contributed by atoms with van der Waals surface area (Å²) in [6, 6.07) is 0. The summed E-state index contributed by atoms with van der Waals surface area (Å²) >= 11 is 0. The lowest BCUT2D eigenvalue weighted by Gasteiger charge is -2.15. The number of hydrogen-bond acceptors (Lipinski definition) is 5. The Morgan fingerprint density at radius 1 is 0.478 bits per heavy atom. The SMILES string of the molecule is CCCCCCCC/C=C\CCCCCCCCCC(=O)OC(CO)COC(=O)CCCCCCC/C=C\CCCCCCCC. The molecule has 0 aliphatic carbocycles. The largest absolute Gasteiger partial charge is 0.462 e. The quantitative estimate of drug-likeness (QED) is 0.0416. The van der Waals surface area contributed by atoms with E-state index in [1.54, 1.807) is 0 Å². The molecule has 5 nitrogen and oxygen atoms in total. The first-order valence-corrected chi connectivity index (χ1v) is 19.9. The molecule has 0 aliphatic heterocycles. The highest BCUT2D eigenvalue weighted by molar-refractivity contribution is 5.70. The summed E-state index contributed by atoms with van der Waals surface area (Å²) in [5, 5.41) is 9.55. The topological polar surface area (TPSA) is 72.8 Å². The van der Waals surface area contributed by atoms with Gasteiger partial charge in [-0.3, -0.25) is 9.59 Å². The third-order valence-electron chi connectivity index (χ3n) is 8.72. The molecule has 270 valence electrons. The minimum Gasteiger partial charge on any atom is -0.462 e. The van der Waals surface area contributed by atoms with Gasteiger partial charge in [-0.1, -0.05) is 154 Å². The highest BCUT2D eigenvalue weighted by Gasteiger charge is 2.16. The fourth-order valence-electron chi connectivity index (χ4n) is 5.66. The van der Waals surface area contributed by atoms with E-state index in [1.807, 2.05) is 0 Å². The van der Waals surface area contributed by atoms with Crippen LogP contribution in [0.5, 0.6) is 0 Å². The van der Waals surface area contributed by atoms with Crippen molar-refractivity contribution in [2.45, 2.75) is 213 Å². The van der Waals surface area contributed by atoms with Crippen LogP contribution in [0.15, 0.2) is 24.3 Å². The summed E-state index contributed by atoms with van der Waals surface area (Å²) in [7, 11) is 0. The van der Waals surface area contributed by atoms with Crippen LogP contribution in [-0.4, -0.2) is 36.4 Å². The van der Waals surface area contributed by atoms with Gasteiger partial charge in [0, 0.05) is 12.8 Å². The molecule has 0 heterocycles. The highest BCUT2D eigenvalue weighted by atomic mass is 16.6. The van der Waals surface area contributed by atoms with Gasteiger partial charge in [0.2, 0.25) is 0 Å². The summed E-state index contributed by atoms with van der Waals surface area (Å²) in [5.41, 5.74) is 0. The lowest BCUT2D eigenvalue weighted by atomic mass is 10.1. The number of carbonyl (C=O) groups excluding carboxylic acids is 2. The van der Waals surface area contributed by atoms with Gasteiger partial charge in [0.15, 0.2) is 6.10 Å². The van der Waals surface area contributed by atoms with Gasteiger partial charge in [0.1, 0.15) is 6.61 Å². The second kappa shape index (κ2) is 37.8. The number of aliphatic hydroxyl groups is 1. The first kappa shape index (κ1) is 44.4. The van der Waals surface area contributed by atoms with Gasteiger partial charge in [-0.2, -0.15) is 0 Å². The first-order chi connectivity index (χ1) is 22.6. The van der Waals surface area contributed by atoms with Gasteiger partial charge in [-0.25, -0.2) is 0 Å². The van der Waals surface area contributed by atoms with Gasteiger partial charge in [0.05, 0.1) is 6.61 Å². The predicted octanol–water partition coefficient (Wildman–Crippen LogP) is 12.3. The zero-order valence-electron chi connectivity index (χ0n) is 30.6. The van der Waals surface area contributed by atoms with E-state index in [0.717, 1.165) is 44.9 Å². The number of allylic oxidation sites excluding steroid dienone is 4. The first-order valence-electron chi connectivity index (χ1n) is 19.9. The molecule has 0 amide bonds. The van der Waals surface area contributed by atoms with Crippen molar-refractivity contribution in [3.05, 3.63) is 24.3 Å². The Morgan fingerprint density at radius 3 is 1.17 bits per heavy atom. The molecular formula is C41H76O5. The molecule has 1 N–H and O–H groups in total. The molecule has 0 radical (unpaired) electrons. The molecule has 1 unspecified atom stereocenters. The van der Waals surface area contributed by atoms with Crippen LogP contribution in [-0.2, 0) is 19.1 Å². The Bertz CT molecular complexity index is 701. The fourth-order valence-corrected chi connectivity index (χ4v) is 5.66. The van der Waals surface area contributed by atoms with Crippen molar-refractivity contribution in [2.24, 2.45) is 0 Å². The van der Waals surface area contributed by atoms with E-state index in [9.17, 15) is 14.7 Å². The average Bonchev–Trinajstić information content (AvgIpc) is 3.06. The molecule has 46 heavy (non-hydrogen) atoms. The third-order valence-corrected chi connectivity index (χ3v) is 8.72. The number of carbonyl (C=O) groups is 2. The van der Waals surface area contributed by atoms with Crippen molar-refractivity contribution in [1.82, 2.24) is 0 Å². The van der Waals surface area contributed by atoms with E-state index in [1.165, 1.54) is 135 Å². The number of hydrogen-bond donors (Lipinski definition) is 1. The van der Waals surface area contributed by atoms with Crippen LogP contribution in [0.1, 0.15) is 206 Å². The molecule has 0 fully saturated rings. The van der Waals surface area contributed by atoms with Crippen LogP contribution in [0.25, 0.3) is 0 Å². The van der Waals surface area contributed by atoms with Crippen LogP contribution in [0, 0.1) is 0 Å². The number of esters is 2. The zero-order valence-corrected chi connectivity index (χ0v) is 30.6. The maximum atomic E-state index is 12.2. The Morgan fingerprint density at radius 2 is 0.804 bits per heavy atom. The predicted molar refractivity (Wildman–Crippen MR) is 196 cm³/mol.